The Balaban J connectivity index is 1.60. The Morgan fingerprint density at radius 3 is 2.50 bits per heavy atom. The van der Waals surface area contributed by atoms with Gasteiger partial charge in [0.1, 0.15) is 5.15 Å². The summed E-state index contributed by atoms with van der Waals surface area (Å²) in [6.07, 6.45) is 3.16. The molecule has 0 saturated carbocycles. The number of nitrogens with zero attached hydrogens (tertiary/aromatic N) is 4. The molecule has 1 aromatic heterocycles. The number of hydrogen-bond acceptors (Lipinski definition) is 5. The molecule has 0 bridgehead atoms. The first kappa shape index (κ1) is 22.5. The minimum atomic E-state index is -0.791. The molecule has 2 aliphatic heterocycles. The number of aliphatic carboxylic acids is 1. The number of piperazine rings is 1. The van der Waals surface area contributed by atoms with Crippen LogP contribution < -0.4 is 0 Å². The maximum atomic E-state index is 12.9. The lowest BCUT2D eigenvalue weighted by molar-refractivity contribution is -0.139. The summed E-state index contributed by atoms with van der Waals surface area (Å²) in [5.41, 5.74) is 0.505. The van der Waals surface area contributed by atoms with Gasteiger partial charge < -0.3 is 14.9 Å². The average Bonchev–Trinajstić information content (AvgIpc) is 2.72. The summed E-state index contributed by atoms with van der Waals surface area (Å²) in [5, 5.41) is 9.60. The third kappa shape index (κ3) is 5.92. The summed E-state index contributed by atoms with van der Waals surface area (Å²) in [5.74, 6) is -0.587. The van der Waals surface area contributed by atoms with Crippen LogP contribution in [0.1, 0.15) is 36.5 Å². The van der Waals surface area contributed by atoms with E-state index in [1.54, 1.807) is 19.1 Å². The number of pyridine rings is 1. The smallest absolute Gasteiger partial charge is 0.303 e. The number of rotatable bonds is 6. The van der Waals surface area contributed by atoms with Crippen molar-refractivity contribution in [1.29, 1.82) is 0 Å². The van der Waals surface area contributed by atoms with E-state index in [1.165, 1.54) is 6.20 Å². The quantitative estimate of drug-likeness (QED) is 0.684. The predicted octanol–water partition coefficient (Wildman–Crippen LogP) is 1.84. The molecule has 1 N–H and O–H groups in total. The lowest BCUT2D eigenvalue weighted by Gasteiger charge is -2.40. The summed E-state index contributed by atoms with van der Waals surface area (Å²) < 4.78 is 0. The Kier molecular flexibility index (Phi) is 7.66. The summed E-state index contributed by atoms with van der Waals surface area (Å²) in [4.78, 5) is 45.7. The van der Waals surface area contributed by atoms with Gasteiger partial charge in [-0.25, -0.2) is 4.98 Å². The summed E-state index contributed by atoms with van der Waals surface area (Å²) in [7, 11) is 0. The lowest BCUT2D eigenvalue weighted by atomic mass is 9.81. The highest BCUT2D eigenvalue weighted by Gasteiger charge is 2.33. The van der Waals surface area contributed by atoms with Gasteiger partial charge in [-0.3, -0.25) is 19.3 Å². The summed E-state index contributed by atoms with van der Waals surface area (Å²) in [6.45, 7) is 6.64. The van der Waals surface area contributed by atoms with Crippen molar-refractivity contribution in [1.82, 2.24) is 19.7 Å². The van der Waals surface area contributed by atoms with Crippen LogP contribution in [-0.2, 0) is 9.59 Å². The molecule has 9 heteroatoms. The van der Waals surface area contributed by atoms with Gasteiger partial charge in [0.2, 0.25) is 5.91 Å². The van der Waals surface area contributed by atoms with Gasteiger partial charge in [-0.1, -0.05) is 11.6 Å². The highest BCUT2D eigenvalue weighted by Crippen LogP contribution is 2.30. The van der Waals surface area contributed by atoms with Crippen molar-refractivity contribution >= 4 is 29.4 Å². The Morgan fingerprint density at radius 2 is 1.87 bits per heavy atom. The van der Waals surface area contributed by atoms with Crippen LogP contribution in [-0.4, -0.2) is 88.4 Å². The number of likely N-dealkylation sites (tertiary alicyclic amines) is 1. The molecule has 0 spiro atoms. The van der Waals surface area contributed by atoms with Crippen molar-refractivity contribution in [3.8, 4) is 0 Å². The van der Waals surface area contributed by atoms with Crippen LogP contribution in [0.2, 0.25) is 5.15 Å². The summed E-state index contributed by atoms with van der Waals surface area (Å²) >= 11 is 5.93. The lowest BCUT2D eigenvalue weighted by Crippen LogP contribution is -2.49. The van der Waals surface area contributed by atoms with E-state index in [4.69, 9.17) is 11.6 Å². The first-order valence-corrected chi connectivity index (χ1v) is 10.8. The largest absolute Gasteiger partial charge is 0.481 e. The van der Waals surface area contributed by atoms with Crippen LogP contribution >= 0.6 is 11.6 Å². The fourth-order valence-corrected chi connectivity index (χ4v) is 4.61. The highest BCUT2D eigenvalue weighted by atomic mass is 35.5. The molecule has 0 aromatic carbocycles. The molecule has 2 saturated heterocycles. The van der Waals surface area contributed by atoms with Crippen molar-refractivity contribution in [3.63, 3.8) is 0 Å². The van der Waals surface area contributed by atoms with Crippen molar-refractivity contribution < 1.29 is 19.5 Å². The van der Waals surface area contributed by atoms with Gasteiger partial charge in [-0.2, -0.15) is 0 Å². The number of aromatic nitrogens is 1. The maximum absolute atomic E-state index is 12.9. The van der Waals surface area contributed by atoms with Crippen molar-refractivity contribution in [2.75, 3.05) is 45.8 Å². The second-order valence-corrected chi connectivity index (χ2v) is 8.55. The molecule has 2 atom stereocenters. The third-order valence-electron chi connectivity index (χ3n) is 6.22. The molecule has 3 heterocycles. The summed E-state index contributed by atoms with van der Waals surface area (Å²) in [6, 6.07) is 3.22. The van der Waals surface area contributed by atoms with Crippen LogP contribution in [0.3, 0.4) is 0 Å². The third-order valence-corrected chi connectivity index (χ3v) is 6.43. The molecule has 3 rings (SSSR count). The van der Waals surface area contributed by atoms with Gasteiger partial charge in [0, 0.05) is 64.4 Å². The van der Waals surface area contributed by atoms with Gasteiger partial charge in [0.15, 0.2) is 0 Å². The minimum Gasteiger partial charge on any atom is -0.481 e. The molecule has 2 fully saturated rings. The van der Waals surface area contributed by atoms with E-state index in [1.807, 2.05) is 9.80 Å². The van der Waals surface area contributed by atoms with Crippen molar-refractivity contribution in [2.24, 2.45) is 11.8 Å². The Hall–Kier alpha value is -2.19. The number of amides is 2. The zero-order valence-corrected chi connectivity index (χ0v) is 18.1. The van der Waals surface area contributed by atoms with E-state index >= 15 is 0 Å². The fourth-order valence-electron chi connectivity index (χ4n) is 4.44. The number of hydrogen-bond donors (Lipinski definition) is 1. The Labute approximate surface area is 181 Å². The van der Waals surface area contributed by atoms with Gasteiger partial charge in [0.05, 0.1) is 0 Å². The van der Waals surface area contributed by atoms with Crippen LogP contribution in [0.4, 0.5) is 0 Å². The standard InChI is InChI=1S/C21H29ClN4O4/c1-15(27)25-10-8-24(9-11-25)6-3-18-14-26(7-4-16(18)13-20(28)29)21(30)17-2-5-23-19(22)12-17/h2,5,12,16,18H,3-4,6-11,13-14H2,1H3,(H,28,29)/t16-,18+/m0/s1. The van der Waals surface area contributed by atoms with E-state index in [0.717, 1.165) is 39.1 Å². The predicted molar refractivity (Wildman–Crippen MR) is 112 cm³/mol. The SMILES string of the molecule is CC(=O)N1CCN(CC[C@@H]2CN(C(=O)c3ccnc(Cl)c3)CC[C@H]2CC(=O)O)CC1. The molecule has 30 heavy (non-hydrogen) atoms. The van der Waals surface area contributed by atoms with Gasteiger partial charge >= 0.3 is 5.97 Å². The average molecular weight is 437 g/mol. The number of carboxylic acids is 1. The molecule has 2 amide bonds. The van der Waals surface area contributed by atoms with Gasteiger partial charge in [-0.05, 0) is 43.4 Å². The molecule has 0 aliphatic carbocycles. The molecule has 2 aliphatic rings. The van der Waals surface area contributed by atoms with Crippen LogP contribution in [0, 0.1) is 11.8 Å². The fraction of sp³-hybridized carbons (Fsp3) is 0.619. The van der Waals surface area contributed by atoms with Crippen LogP contribution in [0.5, 0.6) is 0 Å². The first-order chi connectivity index (χ1) is 14.3. The van der Waals surface area contributed by atoms with E-state index in [2.05, 4.69) is 9.88 Å². The molecular formula is C21H29ClN4O4. The van der Waals surface area contributed by atoms with E-state index < -0.39 is 5.97 Å². The zero-order chi connectivity index (χ0) is 21.7. The van der Waals surface area contributed by atoms with Gasteiger partial charge in [0.25, 0.3) is 5.91 Å². The number of carbonyl (C=O) groups is 3. The second kappa shape index (κ2) is 10.2. The molecule has 1 aromatic rings. The number of halogens is 1. The topological polar surface area (TPSA) is 94.1 Å². The molecule has 8 nitrogen and oxygen atoms in total. The maximum Gasteiger partial charge on any atom is 0.303 e. The molecule has 164 valence electrons. The molecule has 0 radical (unpaired) electrons. The molecule has 0 unspecified atom stereocenters. The highest BCUT2D eigenvalue weighted by molar-refractivity contribution is 6.29. The monoisotopic (exact) mass is 436 g/mol. The Morgan fingerprint density at radius 1 is 1.13 bits per heavy atom. The second-order valence-electron chi connectivity index (χ2n) is 8.16. The number of carboxylic acid groups (broad SMARTS) is 1. The normalized spacial score (nSPS) is 22.7. The van der Waals surface area contributed by atoms with Gasteiger partial charge in [-0.15, -0.1) is 0 Å². The van der Waals surface area contributed by atoms with Crippen LogP contribution in [0.15, 0.2) is 18.3 Å². The van der Waals surface area contributed by atoms with Crippen molar-refractivity contribution in [2.45, 2.75) is 26.2 Å². The van der Waals surface area contributed by atoms with E-state index in [-0.39, 0.29) is 35.2 Å². The van der Waals surface area contributed by atoms with E-state index in [9.17, 15) is 19.5 Å². The van der Waals surface area contributed by atoms with Crippen LogP contribution in [0.25, 0.3) is 0 Å². The molecular weight excluding hydrogens is 408 g/mol. The Bertz CT molecular complexity index is 782. The first-order valence-electron chi connectivity index (χ1n) is 10.4. The number of carbonyl (C=O) groups excluding carboxylic acids is 2. The minimum absolute atomic E-state index is 0.0612. The number of piperidine rings is 1. The zero-order valence-electron chi connectivity index (χ0n) is 17.3. The van der Waals surface area contributed by atoms with Crippen molar-refractivity contribution in [3.05, 3.63) is 29.0 Å². The van der Waals surface area contributed by atoms with E-state index in [0.29, 0.717) is 25.1 Å².